The maximum Gasteiger partial charge on any atom is 0.309 e. The van der Waals surface area contributed by atoms with Crippen LogP contribution in [0.4, 0.5) is 0 Å². The Hall–Kier alpha value is -0.870. The Morgan fingerprint density at radius 1 is 1.42 bits per heavy atom. The molecule has 4 heteroatoms. The number of carbonyl (C=O) groups is 1. The number of hydrogen-bond donors (Lipinski definition) is 2. The summed E-state index contributed by atoms with van der Waals surface area (Å²) in [5.41, 5.74) is -1.24. The monoisotopic (exact) mass is 266 g/mol. The minimum Gasteiger partial charge on any atom is -0.458 e. The molecule has 0 amide bonds. The van der Waals surface area contributed by atoms with E-state index in [9.17, 15) is 15.0 Å². The second-order valence-corrected chi connectivity index (χ2v) is 6.69. The standard InChI is InChI=1S/C15H22O4/c1-8-4-5-11(16)14(3)7-6-10-9(2)13(17)19-12(10)15(8,14)18/h9-12,16,18H,1,4-7H2,2-3H3/t9-,10-,11+,12+,14-,15+/m1/s1. The minimum absolute atomic E-state index is 0.0348. The molecule has 0 aromatic carbocycles. The van der Waals surface area contributed by atoms with Gasteiger partial charge in [0.2, 0.25) is 0 Å². The van der Waals surface area contributed by atoms with Gasteiger partial charge in [0.05, 0.1) is 12.0 Å². The molecule has 106 valence electrons. The number of rotatable bonds is 0. The van der Waals surface area contributed by atoms with Crippen molar-refractivity contribution in [3.05, 3.63) is 12.2 Å². The number of esters is 1. The van der Waals surface area contributed by atoms with E-state index in [1.165, 1.54) is 0 Å². The van der Waals surface area contributed by atoms with E-state index in [-0.39, 0.29) is 17.8 Å². The van der Waals surface area contributed by atoms with Crippen molar-refractivity contribution < 1.29 is 19.7 Å². The fraction of sp³-hybridized carbons (Fsp3) is 0.800. The van der Waals surface area contributed by atoms with Crippen LogP contribution in [0.25, 0.3) is 0 Å². The summed E-state index contributed by atoms with van der Waals surface area (Å²) >= 11 is 0. The molecule has 3 rings (SSSR count). The van der Waals surface area contributed by atoms with E-state index >= 15 is 0 Å². The number of aliphatic hydroxyl groups excluding tert-OH is 1. The van der Waals surface area contributed by atoms with E-state index in [0.717, 1.165) is 6.42 Å². The molecule has 0 aromatic rings. The van der Waals surface area contributed by atoms with E-state index in [1.807, 2.05) is 13.8 Å². The first-order valence-electron chi connectivity index (χ1n) is 7.11. The van der Waals surface area contributed by atoms with Crippen LogP contribution in [-0.4, -0.2) is 34.0 Å². The summed E-state index contributed by atoms with van der Waals surface area (Å²) < 4.78 is 5.47. The maximum atomic E-state index is 11.8. The van der Waals surface area contributed by atoms with E-state index < -0.39 is 23.2 Å². The van der Waals surface area contributed by atoms with Crippen LogP contribution in [0.3, 0.4) is 0 Å². The maximum absolute atomic E-state index is 11.8. The lowest BCUT2D eigenvalue weighted by Crippen LogP contribution is -2.67. The van der Waals surface area contributed by atoms with Gasteiger partial charge in [-0.1, -0.05) is 20.4 Å². The van der Waals surface area contributed by atoms with Gasteiger partial charge in [0.25, 0.3) is 0 Å². The van der Waals surface area contributed by atoms with Crippen molar-refractivity contribution >= 4 is 5.97 Å². The van der Waals surface area contributed by atoms with Crippen LogP contribution in [0.1, 0.15) is 39.5 Å². The lowest BCUT2D eigenvalue weighted by atomic mass is 9.51. The molecule has 6 atom stereocenters. The van der Waals surface area contributed by atoms with Gasteiger partial charge < -0.3 is 14.9 Å². The topological polar surface area (TPSA) is 66.8 Å². The smallest absolute Gasteiger partial charge is 0.309 e. The zero-order valence-corrected chi connectivity index (χ0v) is 11.6. The van der Waals surface area contributed by atoms with Crippen LogP contribution in [-0.2, 0) is 9.53 Å². The zero-order valence-electron chi connectivity index (χ0n) is 11.6. The molecular formula is C15H22O4. The number of ether oxygens (including phenoxy) is 1. The van der Waals surface area contributed by atoms with Crippen molar-refractivity contribution in [2.45, 2.75) is 57.3 Å². The number of fused-ring (bicyclic) bond motifs is 3. The molecule has 2 aliphatic carbocycles. The molecule has 1 heterocycles. The Morgan fingerprint density at radius 2 is 2.11 bits per heavy atom. The van der Waals surface area contributed by atoms with Crippen molar-refractivity contribution in [2.24, 2.45) is 17.3 Å². The quantitative estimate of drug-likeness (QED) is 0.514. The Bertz CT molecular complexity index is 445. The predicted octanol–water partition coefficient (Wildman–Crippen LogP) is 1.41. The van der Waals surface area contributed by atoms with Gasteiger partial charge in [0.1, 0.15) is 11.7 Å². The van der Waals surface area contributed by atoms with E-state index in [0.29, 0.717) is 24.8 Å². The molecule has 0 radical (unpaired) electrons. The minimum atomic E-state index is -1.28. The third-order valence-electron chi connectivity index (χ3n) is 5.92. The van der Waals surface area contributed by atoms with E-state index in [4.69, 9.17) is 4.74 Å². The normalized spacial score (nSPS) is 53.5. The molecule has 1 aliphatic heterocycles. The first kappa shape index (κ1) is 13.1. The van der Waals surface area contributed by atoms with Crippen molar-refractivity contribution in [3.8, 4) is 0 Å². The molecule has 1 saturated heterocycles. The molecular weight excluding hydrogens is 244 g/mol. The number of aliphatic hydroxyl groups is 2. The van der Waals surface area contributed by atoms with Crippen molar-refractivity contribution in [1.29, 1.82) is 0 Å². The summed E-state index contributed by atoms with van der Waals surface area (Å²) in [7, 11) is 0. The molecule has 0 unspecified atom stereocenters. The van der Waals surface area contributed by atoms with Gasteiger partial charge in [-0.15, -0.1) is 0 Å². The fourth-order valence-electron chi connectivity index (χ4n) is 4.38. The first-order chi connectivity index (χ1) is 8.82. The lowest BCUT2D eigenvalue weighted by Gasteiger charge is -2.58. The molecule has 2 N–H and O–H groups in total. The summed E-state index contributed by atoms with van der Waals surface area (Å²) in [6.45, 7) is 7.77. The second-order valence-electron chi connectivity index (χ2n) is 6.69. The van der Waals surface area contributed by atoms with Crippen molar-refractivity contribution in [3.63, 3.8) is 0 Å². The molecule has 0 bridgehead atoms. The van der Waals surface area contributed by atoms with Crippen LogP contribution in [0.5, 0.6) is 0 Å². The lowest BCUT2D eigenvalue weighted by molar-refractivity contribution is -0.216. The van der Waals surface area contributed by atoms with Gasteiger partial charge in [0.15, 0.2) is 0 Å². The molecule has 2 saturated carbocycles. The molecule has 19 heavy (non-hydrogen) atoms. The van der Waals surface area contributed by atoms with Crippen LogP contribution < -0.4 is 0 Å². The highest BCUT2D eigenvalue weighted by molar-refractivity contribution is 5.75. The molecule has 0 aromatic heterocycles. The van der Waals surface area contributed by atoms with Crippen LogP contribution >= 0.6 is 0 Å². The molecule has 0 spiro atoms. The largest absolute Gasteiger partial charge is 0.458 e. The highest BCUT2D eigenvalue weighted by Gasteiger charge is 2.67. The Morgan fingerprint density at radius 3 is 2.79 bits per heavy atom. The number of carbonyl (C=O) groups excluding carboxylic acids is 1. The fourth-order valence-corrected chi connectivity index (χ4v) is 4.38. The van der Waals surface area contributed by atoms with Crippen molar-refractivity contribution in [2.75, 3.05) is 0 Å². The number of hydrogen-bond acceptors (Lipinski definition) is 4. The summed E-state index contributed by atoms with van der Waals surface area (Å²) in [5, 5.41) is 21.6. The van der Waals surface area contributed by atoms with Gasteiger partial charge in [-0.05, 0) is 31.3 Å². The molecule has 4 nitrogen and oxygen atoms in total. The highest BCUT2D eigenvalue weighted by atomic mass is 16.6. The average molecular weight is 266 g/mol. The average Bonchev–Trinajstić information content (AvgIpc) is 2.66. The van der Waals surface area contributed by atoms with Gasteiger partial charge in [-0.25, -0.2) is 0 Å². The van der Waals surface area contributed by atoms with Crippen molar-refractivity contribution in [1.82, 2.24) is 0 Å². The molecule has 3 fully saturated rings. The summed E-state index contributed by atoms with van der Waals surface area (Å²) in [5.74, 6) is -0.376. The van der Waals surface area contributed by atoms with Crippen LogP contribution in [0, 0.1) is 17.3 Å². The summed E-state index contributed by atoms with van der Waals surface area (Å²) in [6.07, 6.45) is 1.60. The Kier molecular flexibility index (Phi) is 2.64. The SMILES string of the molecule is C=C1CC[C@H](O)[C@@]2(C)CC[C@@H]3[C@@H](C)C(=O)O[C@@H]3[C@@]12O. The molecule has 3 aliphatic rings. The van der Waals surface area contributed by atoms with Gasteiger partial charge >= 0.3 is 5.97 Å². The van der Waals surface area contributed by atoms with Crippen LogP contribution in [0.2, 0.25) is 0 Å². The van der Waals surface area contributed by atoms with Gasteiger partial charge in [0, 0.05) is 11.3 Å². The van der Waals surface area contributed by atoms with E-state index in [1.54, 1.807) is 0 Å². The Labute approximate surface area is 113 Å². The van der Waals surface area contributed by atoms with Gasteiger partial charge in [-0.2, -0.15) is 0 Å². The van der Waals surface area contributed by atoms with Gasteiger partial charge in [-0.3, -0.25) is 4.79 Å². The van der Waals surface area contributed by atoms with E-state index in [2.05, 4.69) is 6.58 Å². The highest BCUT2D eigenvalue weighted by Crippen LogP contribution is 2.59. The first-order valence-corrected chi connectivity index (χ1v) is 7.11. The summed E-state index contributed by atoms with van der Waals surface area (Å²) in [4.78, 5) is 11.8. The Balaban J connectivity index is 2.08. The zero-order chi connectivity index (χ0) is 14.0. The summed E-state index contributed by atoms with van der Waals surface area (Å²) in [6, 6.07) is 0. The van der Waals surface area contributed by atoms with Crippen LogP contribution in [0.15, 0.2) is 12.2 Å². The predicted molar refractivity (Wildman–Crippen MR) is 69.2 cm³/mol. The third kappa shape index (κ3) is 1.39. The third-order valence-corrected chi connectivity index (χ3v) is 5.92. The second kappa shape index (κ2) is 3.83.